The summed E-state index contributed by atoms with van der Waals surface area (Å²) < 4.78 is 32.6. The van der Waals surface area contributed by atoms with Crippen molar-refractivity contribution in [2.45, 2.75) is 17.9 Å². The molecule has 2 aromatic carbocycles. The Morgan fingerprint density at radius 2 is 1.68 bits per heavy atom. The van der Waals surface area contributed by atoms with Crippen LogP contribution < -0.4 is 14.9 Å². The van der Waals surface area contributed by atoms with Gasteiger partial charge in [-0.25, -0.2) is 8.42 Å². The van der Waals surface area contributed by atoms with Gasteiger partial charge in [-0.15, -0.1) is 0 Å². The molecule has 0 bridgehead atoms. The largest absolute Gasteiger partial charge is 0.480 e. The van der Waals surface area contributed by atoms with Crippen LogP contribution in [0, 0.1) is 12.3 Å². The smallest absolute Gasteiger partial charge is 0.323 e. The number of benzene rings is 2. The summed E-state index contributed by atoms with van der Waals surface area (Å²) in [6.07, 6.45) is 0. The predicted molar refractivity (Wildman–Crippen MR) is 150 cm³/mol. The lowest BCUT2D eigenvalue weighted by Crippen LogP contribution is -2.54. The van der Waals surface area contributed by atoms with E-state index in [2.05, 4.69) is 10.0 Å². The van der Waals surface area contributed by atoms with E-state index in [1.165, 1.54) is 17.0 Å². The maximum atomic E-state index is 12.8. The van der Waals surface area contributed by atoms with Crippen LogP contribution in [0.25, 0.3) is 0 Å². The van der Waals surface area contributed by atoms with Gasteiger partial charge >= 0.3 is 5.97 Å². The Balaban J connectivity index is 1.26. The molecule has 2 saturated heterocycles. The Morgan fingerprint density at radius 1 is 1.02 bits per heavy atom. The number of aryl methyl sites for hydroxylation is 1. The van der Waals surface area contributed by atoms with E-state index in [1.54, 1.807) is 19.1 Å². The molecule has 0 unspecified atom stereocenters. The number of nitrogens with zero attached hydrogens (tertiary/aromatic N) is 3. The molecule has 0 aliphatic carbocycles. The van der Waals surface area contributed by atoms with Crippen molar-refractivity contribution in [1.29, 1.82) is 5.41 Å². The van der Waals surface area contributed by atoms with E-state index in [0.29, 0.717) is 38.7 Å². The monoisotopic (exact) mass is 586 g/mol. The van der Waals surface area contributed by atoms with Gasteiger partial charge in [-0.05, 0) is 43.3 Å². The van der Waals surface area contributed by atoms with Gasteiger partial charge in [0.15, 0.2) is 0 Å². The number of carboxylic acid groups (broad SMARTS) is 1. The Hall–Kier alpha value is -4.01. The number of nitrogens with one attached hydrogen (secondary N) is 3. The number of amides is 2. The third-order valence-corrected chi connectivity index (χ3v) is 8.40. The van der Waals surface area contributed by atoms with Crippen LogP contribution >= 0.6 is 0 Å². The molecule has 0 saturated carbocycles. The predicted octanol–water partition coefficient (Wildman–Crippen LogP) is -0.151. The molecular weight excluding hydrogens is 552 g/mol. The minimum atomic E-state index is -4.12. The van der Waals surface area contributed by atoms with Gasteiger partial charge in [0.1, 0.15) is 11.9 Å². The molecule has 220 valence electrons. The standard InChI is InChI=1S/C27H34N6O7S/c1-19-2-8-22(9-3-19)41(38,39)30-23(27(36)37)16-29-24(34)17-33-11-10-32(18-25(33)35)21-6-4-20(5-7-21)26(28)31-12-14-40-15-13-31/h2-9,23,28,30H,10-18H2,1H3,(H,29,34)(H,36,37)/t23-/m0/s1. The second kappa shape index (κ2) is 13.1. The van der Waals surface area contributed by atoms with E-state index >= 15 is 0 Å². The second-order valence-corrected chi connectivity index (χ2v) is 11.6. The SMILES string of the molecule is Cc1ccc(S(=O)(=O)N[C@@H](CNC(=O)CN2CCN(c3ccc(C(=N)N4CCOCC4)cc3)CC2=O)C(=O)O)cc1. The summed E-state index contributed by atoms with van der Waals surface area (Å²) in [4.78, 5) is 42.1. The van der Waals surface area contributed by atoms with Gasteiger partial charge < -0.3 is 29.9 Å². The number of carboxylic acids is 1. The minimum absolute atomic E-state index is 0.0572. The Bertz CT molecular complexity index is 1380. The molecule has 41 heavy (non-hydrogen) atoms. The number of carbonyl (C=O) groups is 3. The molecule has 2 amide bonds. The van der Waals surface area contributed by atoms with Crippen LogP contribution in [0.3, 0.4) is 0 Å². The number of piperazine rings is 1. The normalized spacial score (nSPS) is 16.8. The molecule has 0 aromatic heterocycles. The zero-order chi connectivity index (χ0) is 29.6. The van der Waals surface area contributed by atoms with Gasteiger partial charge in [-0.3, -0.25) is 19.8 Å². The van der Waals surface area contributed by atoms with Crippen molar-refractivity contribution >= 4 is 39.3 Å². The van der Waals surface area contributed by atoms with Crippen molar-refractivity contribution in [2.24, 2.45) is 0 Å². The van der Waals surface area contributed by atoms with E-state index in [9.17, 15) is 27.9 Å². The van der Waals surface area contributed by atoms with E-state index in [1.807, 2.05) is 34.1 Å². The molecule has 13 nitrogen and oxygen atoms in total. The number of carbonyl (C=O) groups excluding carboxylic acids is 2. The lowest BCUT2D eigenvalue weighted by molar-refractivity contribution is -0.139. The first-order chi connectivity index (χ1) is 19.5. The number of hydrogen-bond donors (Lipinski definition) is 4. The first kappa shape index (κ1) is 30.0. The fraction of sp³-hybridized carbons (Fsp3) is 0.407. The van der Waals surface area contributed by atoms with E-state index in [4.69, 9.17) is 10.1 Å². The third kappa shape index (κ3) is 7.80. The van der Waals surface area contributed by atoms with Crippen LogP contribution in [-0.2, 0) is 29.1 Å². The van der Waals surface area contributed by atoms with Crippen LogP contribution in [0.2, 0.25) is 0 Å². The zero-order valence-electron chi connectivity index (χ0n) is 22.7. The van der Waals surface area contributed by atoms with Gasteiger partial charge in [0.05, 0.1) is 31.2 Å². The third-order valence-electron chi connectivity index (χ3n) is 6.92. The van der Waals surface area contributed by atoms with E-state index in [-0.39, 0.29) is 30.4 Å². The molecule has 0 radical (unpaired) electrons. The second-order valence-electron chi connectivity index (χ2n) is 9.86. The van der Waals surface area contributed by atoms with Crippen LogP contribution in [-0.4, -0.2) is 112 Å². The molecule has 0 spiro atoms. The summed E-state index contributed by atoms with van der Waals surface area (Å²) in [6, 6.07) is 11.8. The van der Waals surface area contributed by atoms with Crippen molar-refractivity contribution in [2.75, 3.05) is 63.9 Å². The quantitative estimate of drug-likeness (QED) is 0.218. The van der Waals surface area contributed by atoms with Crippen molar-refractivity contribution in [3.8, 4) is 0 Å². The first-order valence-corrected chi connectivity index (χ1v) is 14.6. The van der Waals surface area contributed by atoms with Crippen molar-refractivity contribution in [3.05, 3.63) is 59.7 Å². The summed E-state index contributed by atoms with van der Waals surface area (Å²) in [5, 5.41) is 20.3. The highest BCUT2D eigenvalue weighted by molar-refractivity contribution is 7.89. The average Bonchev–Trinajstić information content (AvgIpc) is 2.96. The molecule has 2 fully saturated rings. The molecule has 1 atom stereocenters. The molecule has 4 rings (SSSR count). The number of rotatable bonds is 10. The lowest BCUT2D eigenvalue weighted by atomic mass is 10.1. The number of morpholine rings is 1. The highest BCUT2D eigenvalue weighted by atomic mass is 32.2. The maximum absolute atomic E-state index is 12.8. The molecule has 2 aliphatic heterocycles. The number of hydrogen-bond acceptors (Lipinski definition) is 8. The summed E-state index contributed by atoms with van der Waals surface area (Å²) in [7, 11) is -4.12. The molecule has 2 aliphatic rings. The summed E-state index contributed by atoms with van der Waals surface area (Å²) >= 11 is 0. The molecular formula is C27H34N6O7S. The number of ether oxygens (including phenoxy) is 1. The Kier molecular flexibility index (Phi) is 9.57. The van der Waals surface area contributed by atoms with E-state index in [0.717, 1.165) is 16.8 Å². The van der Waals surface area contributed by atoms with Gasteiger partial charge in [0, 0.05) is 44.0 Å². The Morgan fingerprint density at radius 3 is 2.29 bits per heavy atom. The highest BCUT2D eigenvalue weighted by Crippen LogP contribution is 2.19. The van der Waals surface area contributed by atoms with Crippen molar-refractivity contribution in [1.82, 2.24) is 19.8 Å². The van der Waals surface area contributed by atoms with E-state index < -0.39 is 34.5 Å². The van der Waals surface area contributed by atoms with Gasteiger partial charge in [0.2, 0.25) is 21.8 Å². The number of aliphatic carboxylic acids is 1. The lowest BCUT2D eigenvalue weighted by Gasteiger charge is -2.35. The average molecular weight is 587 g/mol. The molecule has 4 N–H and O–H groups in total. The fourth-order valence-electron chi connectivity index (χ4n) is 4.49. The number of amidine groups is 1. The van der Waals surface area contributed by atoms with Crippen molar-refractivity contribution < 1.29 is 32.6 Å². The van der Waals surface area contributed by atoms with Gasteiger partial charge in [-0.2, -0.15) is 4.72 Å². The summed E-state index contributed by atoms with van der Waals surface area (Å²) in [6.45, 7) is 4.38. The summed E-state index contributed by atoms with van der Waals surface area (Å²) in [5.41, 5.74) is 2.45. The molecule has 2 aromatic rings. The topological polar surface area (TPSA) is 172 Å². The van der Waals surface area contributed by atoms with Crippen molar-refractivity contribution in [3.63, 3.8) is 0 Å². The first-order valence-electron chi connectivity index (χ1n) is 13.2. The van der Waals surface area contributed by atoms with Crippen LogP contribution in [0.5, 0.6) is 0 Å². The minimum Gasteiger partial charge on any atom is -0.480 e. The van der Waals surface area contributed by atoms with Gasteiger partial charge in [0.25, 0.3) is 0 Å². The van der Waals surface area contributed by atoms with Crippen LogP contribution in [0.4, 0.5) is 5.69 Å². The van der Waals surface area contributed by atoms with Crippen LogP contribution in [0.15, 0.2) is 53.4 Å². The van der Waals surface area contributed by atoms with Crippen LogP contribution in [0.1, 0.15) is 11.1 Å². The number of anilines is 1. The summed E-state index contributed by atoms with van der Waals surface area (Å²) in [5.74, 6) is -1.89. The highest BCUT2D eigenvalue weighted by Gasteiger charge is 2.28. The molecule has 14 heteroatoms. The maximum Gasteiger partial charge on any atom is 0.323 e. The Labute approximate surface area is 238 Å². The zero-order valence-corrected chi connectivity index (χ0v) is 23.5. The molecule has 2 heterocycles. The number of sulfonamides is 1. The fourth-order valence-corrected chi connectivity index (χ4v) is 5.68. The van der Waals surface area contributed by atoms with Gasteiger partial charge in [-0.1, -0.05) is 17.7 Å².